The SMILES string of the molecule is CCC(C(=O)O)n1c(/C=C/c2ccccc2)nc2ccccc21. The van der Waals surface area contributed by atoms with Crippen molar-refractivity contribution in [2.45, 2.75) is 19.4 Å². The normalized spacial score (nSPS) is 12.7. The highest BCUT2D eigenvalue weighted by Gasteiger charge is 2.22. The first-order valence-corrected chi connectivity index (χ1v) is 7.63. The quantitative estimate of drug-likeness (QED) is 0.767. The second kappa shape index (κ2) is 6.48. The number of nitrogens with zero attached hydrogens (tertiary/aromatic N) is 2. The van der Waals surface area contributed by atoms with Gasteiger partial charge in [0, 0.05) is 0 Å². The predicted octanol–water partition coefficient (Wildman–Crippen LogP) is 4.24. The largest absolute Gasteiger partial charge is 0.480 e. The van der Waals surface area contributed by atoms with E-state index in [1.165, 1.54) is 0 Å². The Bertz CT molecular complexity index is 850. The van der Waals surface area contributed by atoms with Gasteiger partial charge in [-0.3, -0.25) is 0 Å². The van der Waals surface area contributed by atoms with E-state index in [0.29, 0.717) is 12.2 Å². The lowest BCUT2D eigenvalue weighted by Crippen LogP contribution is -2.19. The summed E-state index contributed by atoms with van der Waals surface area (Å²) in [4.78, 5) is 16.2. The van der Waals surface area contributed by atoms with E-state index in [-0.39, 0.29) is 0 Å². The average molecular weight is 306 g/mol. The number of aromatic nitrogens is 2. The van der Waals surface area contributed by atoms with Crippen molar-refractivity contribution in [3.05, 3.63) is 66.0 Å². The van der Waals surface area contributed by atoms with Gasteiger partial charge < -0.3 is 9.67 Å². The van der Waals surface area contributed by atoms with Crippen molar-refractivity contribution in [2.24, 2.45) is 0 Å². The number of benzene rings is 2. The van der Waals surface area contributed by atoms with Crippen LogP contribution in [-0.2, 0) is 4.79 Å². The van der Waals surface area contributed by atoms with Gasteiger partial charge in [-0.1, -0.05) is 55.5 Å². The molecule has 0 saturated heterocycles. The van der Waals surface area contributed by atoms with Gasteiger partial charge in [0.2, 0.25) is 0 Å². The van der Waals surface area contributed by atoms with Crippen LogP contribution in [-0.4, -0.2) is 20.6 Å². The molecule has 0 amide bonds. The van der Waals surface area contributed by atoms with E-state index in [1.807, 2.05) is 73.7 Å². The predicted molar refractivity (Wildman–Crippen MR) is 92.1 cm³/mol. The Morgan fingerprint density at radius 1 is 1.13 bits per heavy atom. The van der Waals surface area contributed by atoms with Crippen molar-refractivity contribution < 1.29 is 9.90 Å². The molecule has 3 aromatic rings. The van der Waals surface area contributed by atoms with Crippen LogP contribution in [0, 0.1) is 0 Å². The van der Waals surface area contributed by atoms with Crippen LogP contribution >= 0.6 is 0 Å². The zero-order valence-electron chi connectivity index (χ0n) is 12.9. The Hall–Kier alpha value is -2.88. The molecule has 1 aromatic heterocycles. The number of hydrogen-bond acceptors (Lipinski definition) is 2. The molecule has 23 heavy (non-hydrogen) atoms. The topological polar surface area (TPSA) is 55.1 Å². The minimum Gasteiger partial charge on any atom is -0.480 e. The summed E-state index contributed by atoms with van der Waals surface area (Å²) in [6.45, 7) is 1.87. The van der Waals surface area contributed by atoms with Crippen LogP contribution in [0.1, 0.15) is 30.8 Å². The maximum absolute atomic E-state index is 11.6. The summed E-state index contributed by atoms with van der Waals surface area (Å²) in [5.41, 5.74) is 2.70. The zero-order chi connectivity index (χ0) is 16.2. The number of aliphatic carboxylic acids is 1. The fourth-order valence-electron chi connectivity index (χ4n) is 2.71. The highest BCUT2D eigenvalue weighted by atomic mass is 16.4. The second-order valence-electron chi connectivity index (χ2n) is 5.34. The molecule has 0 spiro atoms. The fraction of sp³-hybridized carbons (Fsp3) is 0.158. The van der Waals surface area contributed by atoms with Gasteiger partial charge in [-0.25, -0.2) is 9.78 Å². The summed E-state index contributed by atoms with van der Waals surface area (Å²) in [7, 11) is 0. The van der Waals surface area contributed by atoms with E-state index < -0.39 is 12.0 Å². The standard InChI is InChI=1S/C19H18N2O2/c1-2-16(19(22)23)21-17-11-7-6-10-15(17)20-18(21)13-12-14-8-4-3-5-9-14/h3-13,16H,2H2,1H3,(H,22,23)/b13-12+. The number of carboxylic acids is 1. The molecule has 0 aliphatic rings. The van der Waals surface area contributed by atoms with Gasteiger partial charge in [0.05, 0.1) is 11.0 Å². The molecule has 0 aliphatic carbocycles. The minimum absolute atomic E-state index is 0.502. The van der Waals surface area contributed by atoms with Crippen LogP contribution in [0.15, 0.2) is 54.6 Å². The smallest absolute Gasteiger partial charge is 0.326 e. The van der Waals surface area contributed by atoms with Gasteiger partial charge in [-0.05, 0) is 30.2 Å². The van der Waals surface area contributed by atoms with Gasteiger partial charge in [-0.2, -0.15) is 0 Å². The van der Waals surface area contributed by atoms with Crippen molar-refractivity contribution in [1.82, 2.24) is 9.55 Å². The van der Waals surface area contributed by atoms with Crippen molar-refractivity contribution in [3.8, 4) is 0 Å². The number of hydrogen-bond donors (Lipinski definition) is 1. The zero-order valence-corrected chi connectivity index (χ0v) is 12.9. The molecule has 0 bridgehead atoms. The van der Waals surface area contributed by atoms with Crippen LogP contribution in [0.25, 0.3) is 23.2 Å². The molecule has 4 heteroatoms. The van der Waals surface area contributed by atoms with Crippen molar-refractivity contribution in [2.75, 3.05) is 0 Å². The van der Waals surface area contributed by atoms with Gasteiger partial charge in [0.1, 0.15) is 11.9 Å². The monoisotopic (exact) mass is 306 g/mol. The molecule has 0 saturated carbocycles. The van der Waals surface area contributed by atoms with Crippen LogP contribution in [0.2, 0.25) is 0 Å². The lowest BCUT2D eigenvalue weighted by molar-refractivity contribution is -0.140. The molecular weight excluding hydrogens is 288 g/mol. The summed E-state index contributed by atoms with van der Waals surface area (Å²) in [6, 6.07) is 16.9. The molecule has 4 nitrogen and oxygen atoms in total. The number of rotatable bonds is 5. The maximum Gasteiger partial charge on any atom is 0.326 e. The Labute approximate surface area is 134 Å². The molecule has 1 N–H and O–H groups in total. The summed E-state index contributed by atoms with van der Waals surface area (Å²) in [6.07, 6.45) is 4.33. The average Bonchev–Trinajstić information content (AvgIpc) is 2.93. The Kier molecular flexibility index (Phi) is 4.24. The van der Waals surface area contributed by atoms with E-state index in [2.05, 4.69) is 4.98 Å². The molecule has 2 aromatic carbocycles. The Morgan fingerprint density at radius 2 is 1.83 bits per heavy atom. The first-order valence-electron chi connectivity index (χ1n) is 7.63. The minimum atomic E-state index is -0.843. The molecule has 3 rings (SSSR count). The van der Waals surface area contributed by atoms with Crippen LogP contribution < -0.4 is 0 Å². The summed E-state index contributed by atoms with van der Waals surface area (Å²) in [5.74, 6) is -0.186. The van der Waals surface area contributed by atoms with Crippen molar-refractivity contribution in [3.63, 3.8) is 0 Å². The van der Waals surface area contributed by atoms with Crippen molar-refractivity contribution >= 4 is 29.2 Å². The summed E-state index contributed by atoms with van der Waals surface area (Å²) < 4.78 is 1.80. The number of carboxylic acid groups (broad SMARTS) is 1. The van der Waals surface area contributed by atoms with E-state index in [1.54, 1.807) is 4.57 Å². The van der Waals surface area contributed by atoms with E-state index in [4.69, 9.17) is 0 Å². The first kappa shape index (κ1) is 15.0. The third kappa shape index (κ3) is 3.01. The molecule has 0 fully saturated rings. The van der Waals surface area contributed by atoms with E-state index in [0.717, 1.165) is 16.6 Å². The molecule has 0 aliphatic heterocycles. The Balaban J connectivity index is 2.12. The third-order valence-corrected chi connectivity index (χ3v) is 3.83. The van der Waals surface area contributed by atoms with E-state index in [9.17, 15) is 9.90 Å². The van der Waals surface area contributed by atoms with Gasteiger partial charge in [-0.15, -0.1) is 0 Å². The molecule has 0 radical (unpaired) electrons. The highest BCUT2D eigenvalue weighted by Crippen LogP contribution is 2.25. The van der Waals surface area contributed by atoms with Gasteiger partial charge in [0.15, 0.2) is 0 Å². The molecule has 1 heterocycles. The van der Waals surface area contributed by atoms with Crippen molar-refractivity contribution in [1.29, 1.82) is 0 Å². The third-order valence-electron chi connectivity index (χ3n) is 3.83. The van der Waals surface area contributed by atoms with Crippen LogP contribution in [0.5, 0.6) is 0 Å². The first-order chi connectivity index (χ1) is 11.2. The number of imidazole rings is 1. The molecule has 1 atom stereocenters. The number of para-hydroxylation sites is 2. The van der Waals surface area contributed by atoms with Gasteiger partial charge in [0.25, 0.3) is 0 Å². The number of carbonyl (C=O) groups is 1. The van der Waals surface area contributed by atoms with Crippen LogP contribution in [0.3, 0.4) is 0 Å². The second-order valence-corrected chi connectivity index (χ2v) is 5.34. The molecule has 116 valence electrons. The highest BCUT2D eigenvalue weighted by molar-refractivity contribution is 5.83. The molecular formula is C19H18N2O2. The Morgan fingerprint density at radius 3 is 2.52 bits per heavy atom. The van der Waals surface area contributed by atoms with E-state index >= 15 is 0 Å². The fourth-order valence-corrected chi connectivity index (χ4v) is 2.71. The summed E-state index contributed by atoms with van der Waals surface area (Å²) in [5, 5.41) is 9.54. The lowest BCUT2D eigenvalue weighted by Gasteiger charge is -2.15. The number of fused-ring (bicyclic) bond motifs is 1. The van der Waals surface area contributed by atoms with Crippen LogP contribution in [0.4, 0.5) is 0 Å². The molecule has 1 unspecified atom stereocenters. The van der Waals surface area contributed by atoms with Gasteiger partial charge >= 0.3 is 5.97 Å². The summed E-state index contributed by atoms with van der Waals surface area (Å²) >= 11 is 0. The maximum atomic E-state index is 11.6. The lowest BCUT2D eigenvalue weighted by atomic mass is 10.2.